The van der Waals surface area contributed by atoms with E-state index in [2.05, 4.69) is 20.3 Å². The van der Waals surface area contributed by atoms with Gasteiger partial charge in [0, 0.05) is 53.0 Å². The number of halogens is 2. The highest BCUT2D eigenvalue weighted by molar-refractivity contribution is 7.90. The minimum absolute atomic E-state index is 0.220. The van der Waals surface area contributed by atoms with Gasteiger partial charge in [0.25, 0.3) is 5.56 Å². The van der Waals surface area contributed by atoms with Gasteiger partial charge in [-0.2, -0.15) is 4.98 Å². The fourth-order valence-electron chi connectivity index (χ4n) is 3.68. The number of rotatable bonds is 5. The van der Waals surface area contributed by atoms with Crippen molar-refractivity contribution in [2.24, 2.45) is 7.05 Å². The van der Waals surface area contributed by atoms with E-state index >= 15 is 0 Å². The minimum atomic E-state index is -4.24. The van der Waals surface area contributed by atoms with Gasteiger partial charge < -0.3 is 10.3 Å². The van der Waals surface area contributed by atoms with Crippen molar-refractivity contribution >= 4 is 43.4 Å². The van der Waals surface area contributed by atoms with Crippen LogP contribution in [-0.4, -0.2) is 27.9 Å². The molecule has 0 radical (unpaired) electrons. The third kappa shape index (κ3) is 3.90. The van der Waals surface area contributed by atoms with Crippen molar-refractivity contribution in [3.05, 3.63) is 88.5 Å². The predicted molar refractivity (Wildman–Crippen MR) is 124 cm³/mol. The van der Waals surface area contributed by atoms with Gasteiger partial charge >= 0.3 is 0 Å². The number of nitrogens with zero attached hydrogens (tertiary/aromatic N) is 3. The van der Waals surface area contributed by atoms with Gasteiger partial charge in [0.15, 0.2) is 9.84 Å². The molecule has 2 N–H and O–H groups in total. The number of anilines is 2. The van der Waals surface area contributed by atoms with E-state index in [-0.39, 0.29) is 17.2 Å². The average molecular weight is 481 g/mol. The van der Waals surface area contributed by atoms with Crippen LogP contribution in [0.2, 0.25) is 0 Å². The summed E-state index contributed by atoms with van der Waals surface area (Å²) in [7, 11) is -2.84. The number of pyridine rings is 1. The van der Waals surface area contributed by atoms with E-state index in [1.165, 1.54) is 19.3 Å². The molecule has 0 saturated carbocycles. The molecule has 0 fully saturated rings. The normalized spacial score (nSPS) is 11.9. The van der Waals surface area contributed by atoms with E-state index in [9.17, 15) is 22.0 Å². The number of aromatic amines is 1. The van der Waals surface area contributed by atoms with Gasteiger partial charge in [0.2, 0.25) is 5.95 Å². The fraction of sp³-hybridized carbons (Fsp3) is 0.0870. The molecule has 8 nitrogen and oxygen atoms in total. The lowest BCUT2D eigenvalue weighted by Crippen LogP contribution is -2.25. The Morgan fingerprint density at radius 2 is 1.88 bits per heavy atom. The Kier molecular flexibility index (Phi) is 5.13. The molecule has 5 aromatic rings. The molecule has 3 heterocycles. The molecule has 5 rings (SSSR count). The van der Waals surface area contributed by atoms with Crippen LogP contribution >= 0.6 is 0 Å². The fourth-order valence-corrected chi connectivity index (χ4v) is 5.19. The third-order valence-corrected chi connectivity index (χ3v) is 7.07. The lowest BCUT2D eigenvalue weighted by molar-refractivity contribution is 0.569. The topological polar surface area (TPSA) is 110 Å². The summed E-state index contributed by atoms with van der Waals surface area (Å²) in [6, 6.07) is 11.3. The first-order valence-corrected chi connectivity index (χ1v) is 11.7. The SMILES string of the molecule is Cn1c(=O)c(S(=O)(=O)Cc2ccc(F)cc2F)cc2cnc(Nc3ccc4[nH]ccc4c3)nc21. The van der Waals surface area contributed by atoms with Crippen LogP contribution in [0.1, 0.15) is 5.56 Å². The average Bonchev–Trinajstić information content (AvgIpc) is 3.26. The first-order chi connectivity index (χ1) is 16.2. The lowest BCUT2D eigenvalue weighted by Gasteiger charge is -2.11. The van der Waals surface area contributed by atoms with Crippen molar-refractivity contribution in [2.45, 2.75) is 10.6 Å². The molecule has 34 heavy (non-hydrogen) atoms. The van der Waals surface area contributed by atoms with Crippen molar-refractivity contribution in [3.63, 3.8) is 0 Å². The second-order valence-corrected chi connectivity index (χ2v) is 9.70. The van der Waals surface area contributed by atoms with Crippen LogP contribution in [-0.2, 0) is 22.6 Å². The summed E-state index contributed by atoms with van der Waals surface area (Å²) in [4.78, 5) is 24.1. The number of sulfone groups is 1. The second-order valence-electron chi connectivity index (χ2n) is 7.74. The summed E-state index contributed by atoms with van der Waals surface area (Å²) >= 11 is 0. The van der Waals surface area contributed by atoms with Crippen LogP contribution < -0.4 is 10.9 Å². The van der Waals surface area contributed by atoms with Crippen LogP contribution in [0.4, 0.5) is 20.4 Å². The maximum absolute atomic E-state index is 14.0. The lowest BCUT2D eigenvalue weighted by atomic mass is 10.2. The maximum atomic E-state index is 14.0. The van der Waals surface area contributed by atoms with E-state index in [1.807, 2.05) is 30.5 Å². The van der Waals surface area contributed by atoms with Crippen LogP contribution in [0.5, 0.6) is 0 Å². The van der Waals surface area contributed by atoms with Crippen LogP contribution in [0.25, 0.3) is 21.9 Å². The van der Waals surface area contributed by atoms with Crippen LogP contribution in [0.15, 0.2) is 70.6 Å². The summed E-state index contributed by atoms with van der Waals surface area (Å²) in [6.45, 7) is 0. The van der Waals surface area contributed by atoms with Crippen molar-refractivity contribution in [3.8, 4) is 0 Å². The Balaban J connectivity index is 1.51. The largest absolute Gasteiger partial charge is 0.361 e. The molecule has 0 atom stereocenters. The third-order valence-electron chi connectivity index (χ3n) is 5.42. The van der Waals surface area contributed by atoms with Crippen LogP contribution in [0.3, 0.4) is 0 Å². The highest BCUT2D eigenvalue weighted by Gasteiger charge is 2.24. The molecule has 0 unspecified atom stereocenters. The first kappa shape index (κ1) is 21.7. The van der Waals surface area contributed by atoms with Gasteiger partial charge in [-0.3, -0.25) is 9.36 Å². The highest BCUT2D eigenvalue weighted by Crippen LogP contribution is 2.23. The molecule has 3 aromatic heterocycles. The van der Waals surface area contributed by atoms with Crippen molar-refractivity contribution in [1.29, 1.82) is 0 Å². The van der Waals surface area contributed by atoms with E-state index in [4.69, 9.17) is 0 Å². The highest BCUT2D eigenvalue weighted by atomic mass is 32.2. The van der Waals surface area contributed by atoms with Crippen LogP contribution in [0, 0.1) is 11.6 Å². The summed E-state index contributed by atoms with van der Waals surface area (Å²) in [5, 5.41) is 4.37. The van der Waals surface area contributed by atoms with Gasteiger partial charge in [-0.25, -0.2) is 22.2 Å². The summed E-state index contributed by atoms with van der Waals surface area (Å²) in [5.74, 6) is -2.39. The number of hydrogen-bond acceptors (Lipinski definition) is 6. The quantitative estimate of drug-likeness (QED) is 0.395. The Labute approximate surface area is 191 Å². The van der Waals surface area contributed by atoms with Crippen molar-refractivity contribution in [2.75, 3.05) is 5.32 Å². The zero-order chi connectivity index (χ0) is 24.0. The van der Waals surface area contributed by atoms with Gasteiger partial charge in [-0.15, -0.1) is 0 Å². The van der Waals surface area contributed by atoms with E-state index in [0.717, 1.165) is 33.3 Å². The number of aromatic nitrogens is 4. The summed E-state index contributed by atoms with van der Waals surface area (Å²) in [5.41, 5.74) is 0.878. The van der Waals surface area contributed by atoms with E-state index in [0.29, 0.717) is 11.5 Å². The molecule has 0 spiro atoms. The molecule has 0 aliphatic rings. The van der Waals surface area contributed by atoms with Crippen molar-refractivity contribution in [1.82, 2.24) is 19.5 Å². The second kappa shape index (κ2) is 8.03. The zero-order valence-electron chi connectivity index (χ0n) is 17.7. The zero-order valence-corrected chi connectivity index (χ0v) is 18.5. The molecule has 172 valence electrons. The van der Waals surface area contributed by atoms with Gasteiger partial charge in [0.1, 0.15) is 22.2 Å². The molecule has 2 aromatic carbocycles. The van der Waals surface area contributed by atoms with Crippen molar-refractivity contribution < 1.29 is 17.2 Å². The molecule has 0 aliphatic carbocycles. The smallest absolute Gasteiger partial charge is 0.270 e. The van der Waals surface area contributed by atoms with E-state index < -0.39 is 37.7 Å². The Bertz CT molecular complexity index is 1750. The Morgan fingerprint density at radius 1 is 1.06 bits per heavy atom. The van der Waals surface area contributed by atoms with Gasteiger partial charge in [-0.1, -0.05) is 6.07 Å². The minimum Gasteiger partial charge on any atom is -0.361 e. The monoisotopic (exact) mass is 481 g/mol. The number of nitrogens with one attached hydrogen (secondary N) is 2. The number of hydrogen-bond donors (Lipinski definition) is 2. The number of fused-ring (bicyclic) bond motifs is 2. The molecule has 0 bridgehead atoms. The first-order valence-electron chi connectivity index (χ1n) is 10.1. The van der Waals surface area contributed by atoms with E-state index in [1.54, 1.807) is 0 Å². The molecule has 0 saturated heterocycles. The van der Waals surface area contributed by atoms with Gasteiger partial charge in [-0.05, 0) is 36.4 Å². The number of H-pyrrole nitrogens is 1. The summed E-state index contributed by atoms with van der Waals surface area (Å²) in [6.07, 6.45) is 3.23. The maximum Gasteiger partial charge on any atom is 0.270 e. The molecule has 0 amide bonds. The van der Waals surface area contributed by atoms with Gasteiger partial charge in [0.05, 0.1) is 5.75 Å². The molecular formula is C23H17F2N5O3S. The Morgan fingerprint density at radius 3 is 2.68 bits per heavy atom. The number of aryl methyl sites for hydroxylation is 1. The summed E-state index contributed by atoms with van der Waals surface area (Å²) < 4.78 is 54.1. The Hall–Kier alpha value is -4.12. The predicted octanol–water partition coefficient (Wildman–Crippen LogP) is 3.81. The molecular weight excluding hydrogens is 464 g/mol. The standard InChI is InChI=1S/C23H17F2N5O3S/c1-30-21-15(11-27-23(29-21)28-17-4-5-19-13(8-17)6-7-26-19)9-20(22(30)31)34(32,33)12-14-2-3-16(24)10-18(14)25/h2-11,26H,12H2,1H3,(H,27,28,29). The number of benzene rings is 2. The molecule has 0 aliphatic heterocycles. The molecule has 11 heteroatoms.